The van der Waals surface area contributed by atoms with E-state index in [1.165, 1.54) is 23.5 Å². The molecule has 9 heteroatoms. The maximum atomic E-state index is 13.7. The highest BCUT2D eigenvalue weighted by molar-refractivity contribution is 7.09. The maximum Gasteiger partial charge on any atom is 0.273 e. The standard InChI is InChI=1S/C23H21F2N3O3S/c1-2-3-19-26-17(13-32-19)21(29)27-8-6-23(7-9-27)22(30)28-18(4-5-20(28)31-23)14-10-15(24)12-16(25)11-14/h1,10-13,18,20H,3-9H2/t18-,20+/m0/s1. The normalized spacial score (nSPS) is 24.1. The van der Waals surface area contributed by atoms with E-state index in [2.05, 4.69) is 10.9 Å². The van der Waals surface area contributed by atoms with Gasteiger partial charge in [0.1, 0.15) is 28.6 Å². The Labute approximate surface area is 188 Å². The molecule has 6 nitrogen and oxygen atoms in total. The zero-order valence-corrected chi connectivity index (χ0v) is 18.0. The number of halogens is 2. The van der Waals surface area contributed by atoms with Crippen molar-refractivity contribution < 1.29 is 23.1 Å². The van der Waals surface area contributed by atoms with Gasteiger partial charge in [0.15, 0.2) is 5.60 Å². The fourth-order valence-corrected chi connectivity index (χ4v) is 5.67. The van der Waals surface area contributed by atoms with Crippen LogP contribution >= 0.6 is 11.3 Å². The van der Waals surface area contributed by atoms with Gasteiger partial charge in [-0.2, -0.15) is 0 Å². The number of nitrogens with zero attached hydrogens (tertiary/aromatic N) is 3. The van der Waals surface area contributed by atoms with E-state index in [1.54, 1.807) is 15.2 Å². The van der Waals surface area contributed by atoms with Crippen LogP contribution in [0, 0.1) is 24.0 Å². The van der Waals surface area contributed by atoms with Gasteiger partial charge in [0.25, 0.3) is 11.8 Å². The van der Waals surface area contributed by atoms with Gasteiger partial charge >= 0.3 is 0 Å². The first-order valence-corrected chi connectivity index (χ1v) is 11.4. The van der Waals surface area contributed by atoms with Gasteiger partial charge in [0, 0.05) is 37.4 Å². The van der Waals surface area contributed by atoms with E-state index in [0.717, 1.165) is 11.1 Å². The molecular formula is C23H21F2N3O3S. The molecule has 3 fully saturated rings. The fraction of sp³-hybridized carbons (Fsp3) is 0.435. The van der Waals surface area contributed by atoms with E-state index >= 15 is 0 Å². The summed E-state index contributed by atoms with van der Waals surface area (Å²) in [7, 11) is 0. The third kappa shape index (κ3) is 3.48. The largest absolute Gasteiger partial charge is 0.342 e. The van der Waals surface area contributed by atoms with Crippen LogP contribution in [0.25, 0.3) is 0 Å². The number of hydrogen-bond donors (Lipinski definition) is 0. The van der Waals surface area contributed by atoms with E-state index in [4.69, 9.17) is 11.2 Å². The van der Waals surface area contributed by atoms with Crippen molar-refractivity contribution >= 4 is 23.2 Å². The topological polar surface area (TPSA) is 62.7 Å². The summed E-state index contributed by atoms with van der Waals surface area (Å²) in [6.07, 6.45) is 7.21. The van der Waals surface area contributed by atoms with Crippen LogP contribution in [0.5, 0.6) is 0 Å². The molecule has 2 aromatic rings. The quantitative estimate of drug-likeness (QED) is 0.664. The number of terminal acetylenes is 1. The summed E-state index contributed by atoms with van der Waals surface area (Å²) in [5.41, 5.74) is -0.190. The predicted octanol–water partition coefficient (Wildman–Crippen LogP) is 3.29. The number of fused-ring (bicyclic) bond motifs is 1. The molecule has 5 rings (SSSR count). The number of likely N-dealkylation sites (tertiary alicyclic amines) is 1. The molecule has 0 unspecified atom stereocenters. The number of benzene rings is 1. The van der Waals surface area contributed by atoms with E-state index < -0.39 is 29.5 Å². The summed E-state index contributed by atoms with van der Waals surface area (Å²) in [4.78, 5) is 33.8. The molecule has 1 aromatic heterocycles. The fourth-order valence-electron chi connectivity index (χ4n) is 4.95. The Morgan fingerprint density at radius 2 is 1.97 bits per heavy atom. The molecule has 0 bridgehead atoms. The van der Waals surface area contributed by atoms with Crippen LogP contribution in [0.3, 0.4) is 0 Å². The average molecular weight is 458 g/mol. The zero-order valence-electron chi connectivity index (χ0n) is 17.2. The lowest BCUT2D eigenvalue weighted by Gasteiger charge is -2.37. The van der Waals surface area contributed by atoms with E-state index in [9.17, 15) is 18.4 Å². The Hall–Kier alpha value is -2.83. The molecule has 2 atom stereocenters. The lowest BCUT2D eigenvalue weighted by molar-refractivity contribution is -0.142. The number of hydrogen-bond acceptors (Lipinski definition) is 5. The first kappa shape index (κ1) is 21.0. The molecule has 3 aliphatic heterocycles. The lowest BCUT2D eigenvalue weighted by Crippen LogP contribution is -2.51. The summed E-state index contributed by atoms with van der Waals surface area (Å²) in [5, 5.41) is 2.43. The minimum absolute atomic E-state index is 0.160. The lowest BCUT2D eigenvalue weighted by atomic mass is 9.89. The number of thiazole rings is 1. The predicted molar refractivity (Wildman–Crippen MR) is 113 cm³/mol. The summed E-state index contributed by atoms with van der Waals surface area (Å²) in [6, 6.07) is 2.96. The number of piperidine rings is 1. The van der Waals surface area contributed by atoms with Crippen LogP contribution < -0.4 is 0 Å². The summed E-state index contributed by atoms with van der Waals surface area (Å²) in [6.45, 7) is 0.735. The smallest absolute Gasteiger partial charge is 0.273 e. The molecule has 0 N–H and O–H groups in total. The third-order valence-electron chi connectivity index (χ3n) is 6.47. The molecule has 4 heterocycles. The minimum atomic E-state index is -0.997. The van der Waals surface area contributed by atoms with Gasteiger partial charge < -0.3 is 14.5 Å². The Balaban J connectivity index is 1.29. The van der Waals surface area contributed by atoms with Crippen molar-refractivity contribution in [2.24, 2.45) is 0 Å². The molecule has 0 radical (unpaired) electrons. The molecule has 166 valence electrons. The average Bonchev–Trinajstić information content (AvgIpc) is 3.45. The van der Waals surface area contributed by atoms with Crippen LogP contribution in [0.2, 0.25) is 0 Å². The van der Waals surface area contributed by atoms with Gasteiger partial charge in [0.2, 0.25) is 0 Å². The van der Waals surface area contributed by atoms with Crippen LogP contribution in [-0.2, 0) is 16.0 Å². The maximum absolute atomic E-state index is 13.7. The number of carbonyl (C=O) groups is 2. The van der Waals surface area contributed by atoms with Gasteiger partial charge in [-0.3, -0.25) is 9.59 Å². The third-order valence-corrected chi connectivity index (χ3v) is 7.32. The van der Waals surface area contributed by atoms with Crippen LogP contribution in [0.1, 0.15) is 52.8 Å². The van der Waals surface area contributed by atoms with Crippen LogP contribution in [0.15, 0.2) is 23.6 Å². The number of carbonyl (C=O) groups excluding carboxylic acids is 2. The molecule has 32 heavy (non-hydrogen) atoms. The van der Waals surface area contributed by atoms with Gasteiger partial charge in [-0.05, 0) is 30.5 Å². The molecule has 2 amide bonds. The van der Waals surface area contributed by atoms with E-state index in [1.807, 2.05) is 0 Å². The van der Waals surface area contributed by atoms with Gasteiger partial charge in [-0.15, -0.1) is 17.8 Å². The highest BCUT2D eigenvalue weighted by atomic mass is 32.1. The summed E-state index contributed by atoms with van der Waals surface area (Å²) >= 11 is 1.36. The van der Waals surface area contributed by atoms with Crippen molar-refractivity contribution in [3.05, 3.63) is 51.5 Å². The zero-order chi connectivity index (χ0) is 22.5. The molecule has 0 saturated carbocycles. The molecule has 0 aliphatic carbocycles. The first-order chi connectivity index (χ1) is 15.4. The van der Waals surface area contributed by atoms with Crippen LogP contribution in [-0.4, -0.2) is 51.5 Å². The second kappa shape index (κ2) is 7.94. The first-order valence-electron chi connectivity index (χ1n) is 10.5. The van der Waals surface area contributed by atoms with Gasteiger partial charge in [-0.1, -0.05) is 5.92 Å². The summed E-state index contributed by atoms with van der Waals surface area (Å²) in [5.74, 6) is 0.851. The summed E-state index contributed by atoms with van der Waals surface area (Å²) < 4.78 is 33.7. The Morgan fingerprint density at radius 1 is 1.25 bits per heavy atom. The Kier molecular flexibility index (Phi) is 5.22. The van der Waals surface area contributed by atoms with Crippen LogP contribution in [0.4, 0.5) is 8.78 Å². The molecule has 3 aliphatic rings. The SMILES string of the molecule is C#CCc1nc(C(=O)N2CCC3(CC2)O[C@@H]2CC[C@@H](c4cc(F)cc(F)c4)N2C3=O)cs1. The Bertz CT molecular complexity index is 1100. The van der Waals surface area contributed by atoms with Crippen molar-refractivity contribution in [2.45, 2.75) is 50.0 Å². The minimum Gasteiger partial charge on any atom is -0.342 e. The molecule has 1 spiro atoms. The number of aromatic nitrogens is 1. The number of amides is 2. The second-order valence-corrected chi connectivity index (χ2v) is 9.32. The molecular weight excluding hydrogens is 436 g/mol. The molecule has 3 saturated heterocycles. The molecule has 1 aromatic carbocycles. The van der Waals surface area contributed by atoms with Crippen molar-refractivity contribution in [3.63, 3.8) is 0 Å². The van der Waals surface area contributed by atoms with E-state index in [0.29, 0.717) is 56.5 Å². The highest BCUT2D eigenvalue weighted by Crippen LogP contribution is 2.47. The number of ether oxygens (including phenoxy) is 1. The van der Waals surface area contributed by atoms with E-state index in [-0.39, 0.29) is 11.8 Å². The highest BCUT2D eigenvalue weighted by Gasteiger charge is 2.58. The van der Waals surface area contributed by atoms with Crippen molar-refractivity contribution in [1.82, 2.24) is 14.8 Å². The van der Waals surface area contributed by atoms with Crippen molar-refractivity contribution in [2.75, 3.05) is 13.1 Å². The monoisotopic (exact) mass is 457 g/mol. The second-order valence-electron chi connectivity index (χ2n) is 8.37. The number of rotatable bonds is 3. The van der Waals surface area contributed by atoms with Gasteiger partial charge in [0.05, 0.1) is 12.5 Å². The van der Waals surface area contributed by atoms with Gasteiger partial charge in [-0.25, -0.2) is 13.8 Å². The van der Waals surface area contributed by atoms with Crippen molar-refractivity contribution in [3.8, 4) is 12.3 Å². The van der Waals surface area contributed by atoms with Crippen molar-refractivity contribution in [1.29, 1.82) is 0 Å². The Morgan fingerprint density at radius 3 is 2.66 bits per heavy atom.